The number of nitrogens with zero attached hydrogens (tertiary/aromatic N) is 6. The van der Waals surface area contributed by atoms with Crippen LogP contribution in [0.15, 0.2) is 36.9 Å². The summed E-state index contributed by atoms with van der Waals surface area (Å²) in [6.45, 7) is 0. The van der Waals surface area contributed by atoms with Crippen molar-refractivity contribution in [1.82, 2.24) is 30.2 Å². The number of tetrazole rings is 1. The summed E-state index contributed by atoms with van der Waals surface area (Å²) >= 11 is 1.75. The molecule has 3 heterocycles. The molecule has 0 amide bonds. The first-order chi connectivity index (χ1) is 11.9. The lowest BCUT2D eigenvalue weighted by molar-refractivity contribution is 0.467. The number of rotatable bonds is 3. The van der Waals surface area contributed by atoms with E-state index in [1.165, 1.54) is 16.9 Å². The molecule has 3 aromatic heterocycles. The van der Waals surface area contributed by atoms with Crippen LogP contribution in [-0.2, 0) is 12.8 Å². The topological polar surface area (TPSA) is 78.6 Å². The van der Waals surface area contributed by atoms with Gasteiger partial charge >= 0.3 is 0 Å². The molecule has 0 saturated carbocycles. The third-order valence-corrected chi connectivity index (χ3v) is 5.31. The quantitative estimate of drug-likeness (QED) is 0.572. The fourth-order valence-electron chi connectivity index (χ4n) is 3.06. The molecule has 0 atom stereocenters. The van der Waals surface area contributed by atoms with E-state index >= 15 is 0 Å². The molecule has 0 N–H and O–H groups in total. The van der Waals surface area contributed by atoms with Gasteiger partial charge in [0.05, 0.1) is 11.1 Å². The molecular formula is C16H12N6OS. The molecule has 5 rings (SSSR count). The molecule has 0 fully saturated rings. The molecule has 0 radical (unpaired) electrons. The van der Waals surface area contributed by atoms with Crippen molar-refractivity contribution in [3.8, 4) is 17.3 Å². The van der Waals surface area contributed by atoms with Crippen molar-refractivity contribution in [2.24, 2.45) is 0 Å². The maximum Gasteiger partial charge on any atom is 0.231 e. The highest BCUT2D eigenvalue weighted by Gasteiger charge is 2.22. The normalized spacial score (nSPS) is 13.3. The van der Waals surface area contributed by atoms with E-state index < -0.39 is 0 Å². The fourth-order valence-corrected chi connectivity index (χ4v) is 4.28. The molecule has 7 nitrogen and oxygen atoms in total. The summed E-state index contributed by atoms with van der Waals surface area (Å²) in [7, 11) is 0. The second-order valence-electron chi connectivity index (χ2n) is 5.57. The zero-order valence-corrected chi connectivity index (χ0v) is 13.4. The van der Waals surface area contributed by atoms with E-state index in [2.05, 4.69) is 25.5 Å². The van der Waals surface area contributed by atoms with Gasteiger partial charge in [0.1, 0.15) is 23.2 Å². The molecule has 24 heavy (non-hydrogen) atoms. The highest BCUT2D eigenvalue weighted by atomic mass is 32.1. The van der Waals surface area contributed by atoms with Crippen molar-refractivity contribution >= 4 is 21.6 Å². The summed E-state index contributed by atoms with van der Waals surface area (Å²) in [6.07, 6.45) is 6.51. The largest absolute Gasteiger partial charge is 0.438 e. The van der Waals surface area contributed by atoms with E-state index in [0.717, 1.165) is 28.7 Å². The van der Waals surface area contributed by atoms with Crippen LogP contribution < -0.4 is 4.74 Å². The maximum absolute atomic E-state index is 6.09. The standard InChI is InChI=1S/C16H12N6OS/c1-3-10(22-9-19-20-21-22)7-11(4-1)23-15-14-12-5-2-6-13(12)24-16(14)18-8-17-15/h1,3-4,7-9H,2,5-6H2. The predicted molar refractivity (Wildman–Crippen MR) is 88.7 cm³/mol. The molecule has 0 spiro atoms. The Morgan fingerprint density at radius 1 is 1.17 bits per heavy atom. The number of ether oxygens (including phenoxy) is 1. The zero-order chi connectivity index (χ0) is 15.9. The molecule has 1 aromatic carbocycles. The van der Waals surface area contributed by atoms with Crippen molar-refractivity contribution in [2.45, 2.75) is 19.3 Å². The smallest absolute Gasteiger partial charge is 0.231 e. The third kappa shape index (κ3) is 2.15. The highest BCUT2D eigenvalue weighted by molar-refractivity contribution is 7.18. The van der Waals surface area contributed by atoms with Crippen LogP contribution in [0.3, 0.4) is 0 Å². The van der Waals surface area contributed by atoms with E-state index in [4.69, 9.17) is 4.74 Å². The monoisotopic (exact) mass is 336 g/mol. The van der Waals surface area contributed by atoms with Gasteiger partial charge in [0.15, 0.2) is 0 Å². The van der Waals surface area contributed by atoms with Crippen molar-refractivity contribution in [3.05, 3.63) is 47.4 Å². The average Bonchev–Trinajstić information content (AvgIpc) is 3.32. The van der Waals surface area contributed by atoms with Gasteiger partial charge in [-0.1, -0.05) is 6.07 Å². The van der Waals surface area contributed by atoms with Crippen molar-refractivity contribution in [3.63, 3.8) is 0 Å². The van der Waals surface area contributed by atoms with Gasteiger partial charge in [-0.3, -0.25) is 0 Å². The van der Waals surface area contributed by atoms with Crippen molar-refractivity contribution < 1.29 is 4.74 Å². The molecular weight excluding hydrogens is 324 g/mol. The first-order valence-electron chi connectivity index (χ1n) is 7.65. The summed E-state index contributed by atoms with van der Waals surface area (Å²) in [6, 6.07) is 7.61. The van der Waals surface area contributed by atoms with Gasteiger partial charge < -0.3 is 4.74 Å². The lowest BCUT2D eigenvalue weighted by Crippen LogP contribution is -1.96. The predicted octanol–water partition coefficient (Wildman–Crippen LogP) is 2.95. The van der Waals surface area contributed by atoms with Crippen LogP contribution in [-0.4, -0.2) is 30.2 Å². The Morgan fingerprint density at radius 3 is 3.08 bits per heavy atom. The minimum Gasteiger partial charge on any atom is -0.438 e. The average molecular weight is 336 g/mol. The summed E-state index contributed by atoms with van der Waals surface area (Å²) in [5.74, 6) is 1.31. The van der Waals surface area contributed by atoms with Gasteiger partial charge in [0, 0.05) is 10.9 Å². The number of fused-ring (bicyclic) bond motifs is 3. The molecule has 1 aliphatic carbocycles. The second kappa shape index (κ2) is 5.34. The number of hydrogen-bond acceptors (Lipinski definition) is 7. The second-order valence-corrected chi connectivity index (χ2v) is 6.65. The highest BCUT2D eigenvalue weighted by Crippen LogP contribution is 2.41. The van der Waals surface area contributed by atoms with Crippen molar-refractivity contribution in [2.75, 3.05) is 0 Å². The first kappa shape index (κ1) is 13.6. The van der Waals surface area contributed by atoms with Crippen LogP contribution in [0.25, 0.3) is 15.9 Å². The molecule has 0 saturated heterocycles. The molecule has 1 aliphatic rings. The number of hydrogen-bond donors (Lipinski definition) is 0. The minimum absolute atomic E-state index is 0.619. The van der Waals surface area contributed by atoms with Crippen LogP contribution >= 0.6 is 11.3 Å². The van der Waals surface area contributed by atoms with Gasteiger partial charge in [-0.15, -0.1) is 16.4 Å². The van der Waals surface area contributed by atoms with Crippen LogP contribution in [0.5, 0.6) is 11.6 Å². The molecule has 4 aromatic rings. The number of aromatic nitrogens is 6. The van der Waals surface area contributed by atoms with E-state index in [-0.39, 0.29) is 0 Å². The van der Waals surface area contributed by atoms with Crippen LogP contribution in [0.2, 0.25) is 0 Å². The molecule has 0 unspecified atom stereocenters. The first-order valence-corrected chi connectivity index (χ1v) is 8.47. The fraction of sp³-hybridized carbons (Fsp3) is 0.188. The van der Waals surface area contributed by atoms with E-state index in [1.807, 2.05) is 24.3 Å². The van der Waals surface area contributed by atoms with Crippen LogP contribution in [0.1, 0.15) is 16.9 Å². The summed E-state index contributed by atoms with van der Waals surface area (Å²) in [5.41, 5.74) is 2.18. The Bertz CT molecular complexity index is 1030. The van der Waals surface area contributed by atoms with E-state index in [1.54, 1.807) is 28.7 Å². The molecule has 0 aliphatic heterocycles. The molecule has 118 valence electrons. The Kier molecular flexibility index (Phi) is 3.02. The van der Waals surface area contributed by atoms with Crippen molar-refractivity contribution in [1.29, 1.82) is 0 Å². The van der Waals surface area contributed by atoms with E-state index in [0.29, 0.717) is 11.6 Å². The Morgan fingerprint density at radius 2 is 2.17 bits per heavy atom. The number of benzene rings is 1. The van der Waals surface area contributed by atoms with Gasteiger partial charge in [-0.25, -0.2) is 14.6 Å². The van der Waals surface area contributed by atoms with Gasteiger partial charge in [0.2, 0.25) is 5.88 Å². The lowest BCUT2D eigenvalue weighted by atomic mass is 10.2. The minimum atomic E-state index is 0.619. The Hall–Kier alpha value is -2.87. The maximum atomic E-state index is 6.09. The number of aryl methyl sites for hydroxylation is 2. The summed E-state index contributed by atoms with van der Waals surface area (Å²) in [5, 5.41) is 12.3. The Labute approximate surface area is 140 Å². The van der Waals surface area contributed by atoms with Gasteiger partial charge in [-0.2, -0.15) is 0 Å². The molecule has 0 bridgehead atoms. The Balaban J connectivity index is 1.57. The third-order valence-electron chi connectivity index (χ3n) is 4.11. The van der Waals surface area contributed by atoms with Crippen LogP contribution in [0, 0.1) is 0 Å². The SMILES string of the molecule is c1cc(Oc2ncnc3sc4c(c23)CCC4)cc(-n2cnnn2)c1. The molecule has 8 heteroatoms. The van der Waals surface area contributed by atoms with E-state index in [9.17, 15) is 0 Å². The zero-order valence-electron chi connectivity index (χ0n) is 12.6. The number of thiophene rings is 1. The summed E-state index contributed by atoms with van der Waals surface area (Å²) < 4.78 is 7.68. The van der Waals surface area contributed by atoms with Gasteiger partial charge in [0.25, 0.3) is 0 Å². The lowest BCUT2D eigenvalue weighted by Gasteiger charge is -2.08. The van der Waals surface area contributed by atoms with Crippen LogP contribution in [0.4, 0.5) is 0 Å². The van der Waals surface area contributed by atoms with Gasteiger partial charge in [-0.05, 0) is 47.4 Å². The summed E-state index contributed by atoms with van der Waals surface area (Å²) in [4.78, 5) is 11.2.